The number of hydrogen-bond acceptors (Lipinski definition) is 5. The summed E-state index contributed by atoms with van der Waals surface area (Å²) in [5, 5.41) is 3.43. The van der Waals surface area contributed by atoms with Crippen LogP contribution in [0, 0.1) is 11.8 Å². The van der Waals surface area contributed by atoms with Gasteiger partial charge in [-0.3, -0.25) is 19.1 Å². The van der Waals surface area contributed by atoms with E-state index in [-0.39, 0.29) is 17.5 Å². The summed E-state index contributed by atoms with van der Waals surface area (Å²) in [7, 11) is 1.72. The minimum absolute atomic E-state index is 0.0850. The maximum absolute atomic E-state index is 12.6. The van der Waals surface area contributed by atoms with Crippen molar-refractivity contribution in [3.63, 3.8) is 0 Å². The topological polar surface area (TPSA) is 80.1 Å². The van der Waals surface area contributed by atoms with E-state index in [2.05, 4.69) is 15.3 Å². The molecule has 1 aromatic carbocycles. The molecular formula is C22H21N5O2. The van der Waals surface area contributed by atoms with Crippen LogP contribution in [0.3, 0.4) is 0 Å². The summed E-state index contributed by atoms with van der Waals surface area (Å²) in [6, 6.07) is 14.8. The summed E-state index contributed by atoms with van der Waals surface area (Å²) in [5.74, 6) is 1.43. The first-order valence-electron chi connectivity index (χ1n) is 9.71. The number of aromatic nitrogens is 3. The molecule has 1 unspecified atom stereocenters. The van der Waals surface area contributed by atoms with Gasteiger partial charge in [0.2, 0.25) is 5.95 Å². The van der Waals surface area contributed by atoms with Gasteiger partial charge >= 0.3 is 0 Å². The Labute approximate surface area is 168 Å². The summed E-state index contributed by atoms with van der Waals surface area (Å²) >= 11 is 0. The number of pyridine rings is 1. The van der Waals surface area contributed by atoms with E-state index in [4.69, 9.17) is 0 Å². The van der Waals surface area contributed by atoms with Crippen LogP contribution in [0.5, 0.6) is 0 Å². The standard InChI is InChI=1S/C22H21N5O2/c1-26-19(28)11-18(14-7-9-23-10-8-14)24-22(26)25-20-16-12-27(13-17(16)20)21(29)15-5-3-2-4-6-15/h2-11,16-17,20H,12-13H2,1H3,(H,24,25)/t16-,17+,20?. The van der Waals surface area contributed by atoms with Crippen molar-refractivity contribution in [1.29, 1.82) is 0 Å². The van der Waals surface area contributed by atoms with Gasteiger partial charge in [0.25, 0.3) is 11.5 Å². The van der Waals surface area contributed by atoms with Crippen LogP contribution in [0.1, 0.15) is 10.4 Å². The molecule has 1 aliphatic carbocycles. The minimum Gasteiger partial charge on any atom is -0.352 e. The Morgan fingerprint density at radius 1 is 1.07 bits per heavy atom. The second-order valence-electron chi connectivity index (χ2n) is 7.67. The van der Waals surface area contributed by atoms with Crippen molar-refractivity contribution >= 4 is 11.9 Å². The molecular weight excluding hydrogens is 366 g/mol. The molecule has 3 aromatic rings. The number of carbonyl (C=O) groups excluding carboxylic acids is 1. The van der Waals surface area contributed by atoms with E-state index in [9.17, 15) is 9.59 Å². The van der Waals surface area contributed by atoms with E-state index in [1.165, 1.54) is 10.6 Å². The molecule has 2 aliphatic rings. The van der Waals surface area contributed by atoms with Crippen molar-refractivity contribution in [2.75, 3.05) is 18.4 Å². The van der Waals surface area contributed by atoms with Gasteiger partial charge in [-0.25, -0.2) is 4.98 Å². The third kappa shape index (κ3) is 3.18. The molecule has 7 heteroatoms. The molecule has 146 valence electrons. The Morgan fingerprint density at radius 3 is 2.45 bits per heavy atom. The average Bonchev–Trinajstić information content (AvgIpc) is 3.19. The Balaban J connectivity index is 1.29. The molecule has 1 aliphatic heterocycles. The molecule has 3 heterocycles. The van der Waals surface area contributed by atoms with Gasteiger partial charge < -0.3 is 10.2 Å². The first-order valence-corrected chi connectivity index (χ1v) is 9.71. The van der Waals surface area contributed by atoms with Gasteiger partial charge in [-0.1, -0.05) is 18.2 Å². The Hall–Kier alpha value is -3.48. The van der Waals surface area contributed by atoms with Crippen molar-refractivity contribution in [2.45, 2.75) is 6.04 Å². The molecule has 0 radical (unpaired) electrons. The summed E-state index contributed by atoms with van der Waals surface area (Å²) in [6.07, 6.45) is 3.37. The van der Waals surface area contributed by atoms with Gasteiger partial charge in [-0.05, 0) is 24.3 Å². The highest BCUT2D eigenvalue weighted by atomic mass is 16.2. The molecule has 2 aromatic heterocycles. The summed E-state index contributed by atoms with van der Waals surface area (Å²) in [5.41, 5.74) is 2.11. The Bertz CT molecular complexity index is 1100. The molecule has 1 saturated carbocycles. The smallest absolute Gasteiger partial charge is 0.255 e. The molecule has 5 rings (SSSR count). The second-order valence-corrected chi connectivity index (χ2v) is 7.67. The fourth-order valence-corrected chi connectivity index (χ4v) is 4.16. The zero-order valence-corrected chi connectivity index (χ0v) is 16.0. The quantitative estimate of drug-likeness (QED) is 0.741. The van der Waals surface area contributed by atoms with Crippen molar-refractivity contribution in [2.24, 2.45) is 18.9 Å². The first-order chi connectivity index (χ1) is 14.1. The van der Waals surface area contributed by atoms with Gasteiger partial charge in [0, 0.05) is 67.6 Å². The van der Waals surface area contributed by atoms with Gasteiger partial charge in [-0.15, -0.1) is 0 Å². The number of hydrogen-bond donors (Lipinski definition) is 1. The maximum Gasteiger partial charge on any atom is 0.255 e. The van der Waals surface area contributed by atoms with Gasteiger partial charge in [0.15, 0.2) is 0 Å². The average molecular weight is 387 g/mol. The normalized spacial score (nSPS) is 22.2. The summed E-state index contributed by atoms with van der Waals surface area (Å²) in [6.45, 7) is 1.46. The van der Waals surface area contributed by atoms with E-state index in [1.807, 2.05) is 47.4 Å². The maximum atomic E-state index is 12.6. The number of benzene rings is 1. The lowest BCUT2D eigenvalue weighted by Gasteiger charge is -2.21. The van der Waals surface area contributed by atoms with Gasteiger partial charge in [-0.2, -0.15) is 0 Å². The number of rotatable bonds is 4. The number of piperidine rings is 1. The predicted octanol–water partition coefficient (Wildman–Crippen LogP) is 2.02. The number of nitrogens with zero attached hydrogens (tertiary/aromatic N) is 4. The zero-order valence-electron chi connectivity index (χ0n) is 16.0. The Kier molecular flexibility index (Phi) is 4.16. The highest BCUT2D eigenvalue weighted by molar-refractivity contribution is 5.94. The molecule has 0 spiro atoms. The monoisotopic (exact) mass is 387 g/mol. The van der Waals surface area contributed by atoms with Crippen LogP contribution in [0.15, 0.2) is 65.7 Å². The zero-order chi connectivity index (χ0) is 20.0. The highest BCUT2D eigenvalue weighted by Gasteiger charge is 2.57. The number of fused-ring (bicyclic) bond motifs is 1. The molecule has 1 saturated heterocycles. The third-order valence-electron chi connectivity index (χ3n) is 5.91. The van der Waals surface area contributed by atoms with E-state index < -0.39 is 0 Å². The van der Waals surface area contributed by atoms with Crippen molar-refractivity contribution in [1.82, 2.24) is 19.4 Å². The van der Waals surface area contributed by atoms with Crippen LogP contribution in [0.25, 0.3) is 11.3 Å². The second kappa shape index (κ2) is 6.84. The predicted molar refractivity (Wildman–Crippen MR) is 109 cm³/mol. The van der Waals surface area contributed by atoms with E-state index >= 15 is 0 Å². The van der Waals surface area contributed by atoms with Crippen LogP contribution in [0.4, 0.5) is 5.95 Å². The summed E-state index contributed by atoms with van der Waals surface area (Å²) in [4.78, 5) is 35.6. The summed E-state index contributed by atoms with van der Waals surface area (Å²) < 4.78 is 1.53. The number of carbonyl (C=O) groups is 1. The molecule has 1 N–H and O–H groups in total. The molecule has 1 amide bonds. The fraction of sp³-hybridized carbons (Fsp3) is 0.273. The van der Waals surface area contributed by atoms with Crippen LogP contribution in [-0.2, 0) is 7.05 Å². The number of amides is 1. The molecule has 0 bridgehead atoms. The number of anilines is 1. The number of likely N-dealkylation sites (tertiary alicyclic amines) is 1. The SMILES string of the molecule is Cn1c(NC2[C@H]3CN(C(=O)c4ccccc4)C[C@@H]23)nc(-c2ccncc2)cc1=O. The largest absolute Gasteiger partial charge is 0.352 e. The van der Waals surface area contributed by atoms with Crippen molar-refractivity contribution < 1.29 is 4.79 Å². The number of nitrogens with one attached hydrogen (secondary N) is 1. The first kappa shape index (κ1) is 17.6. The van der Waals surface area contributed by atoms with Crippen LogP contribution >= 0.6 is 0 Å². The van der Waals surface area contributed by atoms with Crippen LogP contribution < -0.4 is 10.9 Å². The van der Waals surface area contributed by atoms with E-state index in [0.717, 1.165) is 24.2 Å². The molecule has 29 heavy (non-hydrogen) atoms. The lowest BCUT2D eigenvalue weighted by molar-refractivity contribution is 0.0774. The van der Waals surface area contributed by atoms with Crippen molar-refractivity contribution in [3.8, 4) is 11.3 Å². The van der Waals surface area contributed by atoms with Gasteiger partial charge in [0.05, 0.1) is 5.69 Å². The van der Waals surface area contributed by atoms with Crippen molar-refractivity contribution in [3.05, 3.63) is 76.8 Å². The van der Waals surface area contributed by atoms with Gasteiger partial charge in [0.1, 0.15) is 0 Å². The molecule has 2 fully saturated rings. The third-order valence-corrected chi connectivity index (χ3v) is 5.91. The van der Waals surface area contributed by atoms with Crippen LogP contribution in [-0.4, -0.2) is 44.5 Å². The lowest BCUT2D eigenvalue weighted by Crippen LogP contribution is -2.34. The van der Waals surface area contributed by atoms with E-state index in [0.29, 0.717) is 23.5 Å². The molecule has 7 nitrogen and oxygen atoms in total. The minimum atomic E-state index is -0.110. The lowest BCUT2D eigenvalue weighted by atomic mass is 10.2. The van der Waals surface area contributed by atoms with Crippen LogP contribution in [0.2, 0.25) is 0 Å². The van der Waals surface area contributed by atoms with E-state index in [1.54, 1.807) is 19.4 Å². The fourth-order valence-electron chi connectivity index (χ4n) is 4.16. The highest BCUT2D eigenvalue weighted by Crippen LogP contribution is 2.47. The Morgan fingerprint density at radius 2 is 1.76 bits per heavy atom. The molecule has 3 atom stereocenters.